The molecule has 1 aromatic heterocycles. The molecule has 0 saturated carbocycles. The van der Waals surface area contributed by atoms with Gasteiger partial charge in [-0.05, 0) is 54.5 Å². The van der Waals surface area contributed by atoms with Gasteiger partial charge in [-0.15, -0.1) is 0 Å². The highest BCUT2D eigenvalue weighted by Gasteiger charge is 2.13. The molecule has 0 fully saturated rings. The maximum absolute atomic E-state index is 4.61. The first-order valence-electron chi connectivity index (χ1n) is 5.83. The first kappa shape index (κ1) is 13.3. The molecule has 0 aliphatic carbocycles. The molecule has 4 heteroatoms. The predicted molar refractivity (Wildman–Crippen MR) is 83.9 cm³/mol. The number of aryl methyl sites for hydroxylation is 3. The molecular weight excluding hydrogens is 337 g/mol. The summed E-state index contributed by atoms with van der Waals surface area (Å²) in [5.74, 6) is 1.69. The molecule has 2 aromatic rings. The average molecular weight is 353 g/mol. The number of nitrogens with zero attached hydrogens (tertiary/aromatic N) is 2. The molecular formula is C14H16IN3. The molecule has 0 unspecified atom stereocenters. The highest BCUT2D eigenvalue weighted by atomic mass is 127. The summed E-state index contributed by atoms with van der Waals surface area (Å²) >= 11 is 2.27. The van der Waals surface area contributed by atoms with E-state index in [4.69, 9.17) is 0 Å². The van der Waals surface area contributed by atoms with E-state index < -0.39 is 0 Å². The van der Waals surface area contributed by atoms with Crippen molar-refractivity contribution in [2.75, 3.05) is 12.4 Å². The topological polar surface area (TPSA) is 37.8 Å². The molecule has 3 nitrogen and oxygen atoms in total. The lowest BCUT2D eigenvalue weighted by Gasteiger charge is -2.12. The summed E-state index contributed by atoms with van der Waals surface area (Å²) in [7, 11) is 1.89. The smallest absolute Gasteiger partial charge is 0.162 e. The van der Waals surface area contributed by atoms with Gasteiger partial charge in [0.15, 0.2) is 5.82 Å². The van der Waals surface area contributed by atoms with Crippen molar-refractivity contribution in [2.24, 2.45) is 0 Å². The van der Waals surface area contributed by atoms with E-state index in [0.717, 1.165) is 26.5 Å². The van der Waals surface area contributed by atoms with E-state index >= 15 is 0 Å². The minimum Gasteiger partial charge on any atom is -0.372 e. The van der Waals surface area contributed by atoms with Crippen LogP contribution in [0.25, 0.3) is 11.4 Å². The Morgan fingerprint density at radius 2 is 1.67 bits per heavy atom. The second kappa shape index (κ2) is 5.22. The summed E-state index contributed by atoms with van der Waals surface area (Å²) in [5, 5.41) is 3.13. The number of nitrogens with one attached hydrogen (secondary N) is 1. The second-order valence-corrected chi connectivity index (χ2v) is 5.39. The first-order valence-corrected chi connectivity index (χ1v) is 6.91. The van der Waals surface area contributed by atoms with E-state index in [0.29, 0.717) is 0 Å². The SMILES string of the molecule is CNc1nc(-c2c(C)cccc2C)nc(C)c1I. The van der Waals surface area contributed by atoms with Gasteiger partial charge >= 0.3 is 0 Å². The van der Waals surface area contributed by atoms with Crippen molar-refractivity contribution >= 4 is 28.4 Å². The predicted octanol–water partition coefficient (Wildman–Crippen LogP) is 3.72. The fraction of sp³-hybridized carbons (Fsp3) is 0.286. The molecule has 0 bridgehead atoms. The maximum atomic E-state index is 4.61. The third-order valence-electron chi connectivity index (χ3n) is 2.96. The summed E-state index contributed by atoms with van der Waals surface area (Å²) in [5.41, 5.74) is 4.55. The Labute approximate surface area is 121 Å². The minimum absolute atomic E-state index is 0.799. The molecule has 2 rings (SSSR count). The fourth-order valence-corrected chi connectivity index (χ4v) is 2.51. The third kappa shape index (κ3) is 2.34. The largest absolute Gasteiger partial charge is 0.372 e. The van der Waals surface area contributed by atoms with E-state index in [1.54, 1.807) is 0 Å². The van der Waals surface area contributed by atoms with E-state index in [9.17, 15) is 0 Å². The monoisotopic (exact) mass is 353 g/mol. The molecule has 0 aliphatic rings. The number of hydrogen-bond donors (Lipinski definition) is 1. The van der Waals surface area contributed by atoms with Crippen LogP contribution in [0.2, 0.25) is 0 Å². The van der Waals surface area contributed by atoms with Crippen LogP contribution in [0.5, 0.6) is 0 Å². The van der Waals surface area contributed by atoms with Gasteiger partial charge in [-0.2, -0.15) is 0 Å². The van der Waals surface area contributed by atoms with Crippen LogP contribution in [0.4, 0.5) is 5.82 Å². The normalized spacial score (nSPS) is 10.5. The van der Waals surface area contributed by atoms with Crippen molar-refractivity contribution < 1.29 is 0 Å². The Balaban J connectivity index is 2.68. The van der Waals surface area contributed by atoms with Gasteiger partial charge < -0.3 is 5.32 Å². The van der Waals surface area contributed by atoms with Gasteiger partial charge in [0.2, 0.25) is 0 Å². The minimum atomic E-state index is 0.799. The van der Waals surface area contributed by atoms with Crippen molar-refractivity contribution in [3.8, 4) is 11.4 Å². The summed E-state index contributed by atoms with van der Waals surface area (Å²) in [6.07, 6.45) is 0. The Morgan fingerprint density at radius 1 is 1.06 bits per heavy atom. The zero-order valence-corrected chi connectivity index (χ0v) is 13.2. The summed E-state index contributed by atoms with van der Waals surface area (Å²) in [6.45, 7) is 6.21. The Hall–Kier alpha value is -1.17. The average Bonchev–Trinajstić information content (AvgIpc) is 2.33. The zero-order chi connectivity index (χ0) is 13.3. The van der Waals surface area contributed by atoms with Crippen LogP contribution in [0, 0.1) is 24.3 Å². The number of rotatable bonds is 2. The number of hydrogen-bond acceptors (Lipinski definition) is 3. The zero-order valence-electron chi connectivity index (χ0n) is 11.0. The summed E-state index contributed by atoms with van der Waals surface area (Å²) in [6, 6.07) is 6.25. The molecule has 94 valence electrons. The Morgan fingerprint density at radius 3 is 2.22 bits per heavy atom. The second-order valence-electron chi connectivity index (χ2n) is 4.31. The lowest BCUT2D eigenvalue weighted by atomic mass is 10.0. The van der Waals surface area contributed by atoms with Crippen LogP contribution in [0.3, 0.4) is 0 Å². The summed E-state index contributed by atoms with van der Waals surface area (Å²) < 4.78 is 1.07. The molecule has 0 aliphatic heterocycles. The number of halogens is 1. The van der Waals surface area contributed by atoms with E-state index in [1.807, 2.05) is 14.0 Å². The van der Waals surface area contributed by atoms with Crippen LogP contribution < -0.4 is 5.32 Å². The molecule has 1 aromatic carbocycles. The van der Waals surface area contributed by atoms with Gasteiger partial charge in [0, 0.05) is 12.6 Å². The number of benzene rings is 1. The van der Waals surface area contributed by atoms with Gasteiger partial charge in [0.1, 0.15) is 5.82 Å². The van der Waals surface area contributed by atoms with Gasteiger partial charge in [0.05, 0.1) is 9.26 Å². The molecule has 0 radical (unpaired) electrons. The molecule has 0 spiro atoms. The highest BCUT2D eigenvalue weighted by molar-refractivity contribution is 14.1. The van der Waals surface area contributed by atoms with Gasteiger partial charge in [-0.3, -0.25) is 0 Å². The fourth-order valence-electron chi connectivity index (χ4n) is 2.00. The Kier molecular flexibility index (Phi) is 3.85. The molecule has 1 N–H and O–H groups in total. The van der Waals surface area contributed by atoms with Crippen molar-refractivity contribution in [1.29, 1.82) is 0 Å². The molecule has 0 atom stereocenters. The van der Waals surface area contributed by atoms with Crippen molar-refractivity contribution in [3.63, 3.8) is 0 Å². The van der Waals surface area contributed by atoms with E-state index in [1.165, 1.54) is 11.1 Å². The quantitative estimate of drug-likeness (QED) is 0.837. The molecule has 0 amide bonds. The number of aromatic nitrogens is 2. The van der Waals surface area contributed by atoms with Crippen LogP contribution in [0.1, 0.15) is 16.8 Å². The van der Waals surface area contributed by atoms with Crippen LogP contribution in [0.15, 0.2) is 18.2 Å². The molecule has 1 heterocycles. The summed E-state index contributed by atoms with van der Waals surface area (Å²) in [4.78, 5) is 9.23. The maximum Gasteiger partial charge on any atom is 0.162 e. The van der Waals surface area contributed by atoms with Crippen LogP contribution in [-0.2, 0) is 0 Å². The molecule has 18 heavy (non-hydrogen) atoms. The van der Waals surface area contributed by atoms with Gasteiger partial charge in [-0.25, -0.2) is 9.97 Å². The van der Waals surface area contributed by atoms with Crippen LogP contribution >= 0.6 is 22.6 Å². The third-order valence-corrected chi connectivity index (χ3v) is 4.25. The van der Waals surface area contributed by atoms with Crippen molar-refractivity contribution in [3.05, 3.63) is 38.6 Å². The van der Waals surface area contributed by atoms with E-state index in [-0.39, 0.29) is 0 Å². The first-order chi connectivity index (χ1) is 8.54. The lowest BCUT2D eigenvalue weighted by Crippen LogP contribution is -2.04. The van der Waals surface area contributed by atoms with E-state index in [2.05, 4.69) is 69.9 Å². The van der Waals surface area contributed by atoms with Gasteiger partial charge in [-0.1, -0.05) is 18.2 Å². The lowest BCUT2D eigenvalue weighted by molar-refractivity contribution is 1.08. The van der Waals surface area contributed by atoms with Crippen molar-refractivity contribution in [1.82, 2.24) is 9.97 Å². The standard InChI is InChI=1S/C14H16IN3/c1-8-6-5-7-9(2)11(8)13-17-10(3)12(15)14(16-4)18-13/h5-7H,1-4H3,(H,16,17,18). The van der Waals surface area contributed by atoms with Crippen LogP contribution in [-0.4, -0.2) is 17.0 Å². The van der Waals surface area contributed by atoms with Gasteiger partial charge in [0.25, 0.3) is 0 Å². The Bertz CT molecular complexity index is 574. The molecule has 0 saturated heterocycles. The van der Waals surface area contributed by atoms with Crippen molar-refractivity contribution in [2.45, 2.75) is 20.8 Å². The highest BCUT2D eigenvalue weighted by Crippen LogP contribution is 2.27. The number of anilines is 1.